The molecule has 8 heteroatoms. The molecule has 2 aromatic carbocycles. The molecule has 7 nitrogen and oxygen atoms in total. The van der Waals surface area contributed by atoms with Gasteiger partial charge in [0.1, 0.15) is 0 Å². The summed E-state index contributed by atoms with van der Waals surface area (Å²) in [6, 6.07) is 11.9. The van der Waals surface area contributed by atoms with Crippen molar-refractivity contribution >= 4 is 27.5 Å². The summed E-state index contributed by atoms with van der Waals surface area (Å²) in [5, 5.41) is 2.89. The van der Waals surface area contributed by atoms with Gasteiger partial charge in [-0.15, -0.1) is 0 Å². The number of aryl methyl sites for hydroxylation is 2. The third-order valence-electron chi connectivity index (χ3n) is 5.18. The molecule has 3 rings (SSSR count). The van der Waals surface area contributed by atoms with E-state index in [0.717, 1.165) is 5.56 Å². The molecule has 2 N–H and O–H groups in total. The van der Waals surface area contributed by atoms with E-state index in [2.05, 4.69) is 10.0 Å². The quantitative estimate of drug-likeness (QED) is 0.764. The number of benzene rings is 2. The molecule has 0 atom stereocenters. The highest BCUT2D eigenvalue weighted by atomic mass is 32.2. The molecule has 1 fully saturated rings. The number of likely N-dealkylation sites (tertiary alicyclic amines) is 1. The smallest absolute Gasteiger partial charge is 0.262 e. The van der Waals surface area contributed by atoms with Gasteiger partial charge >= 0.3 is 0 Å². The third-order valence-corrected chi connectivity index (χ3v) is 6.71. The van der Waals surface area contributed by atoms with E-state index >= 15 is 0 Å². The number of nitrogens with one attached hydrogen (secondary N) is 2. The fourth-order valence-electron chi connectivity index (χ4n) is 3.62. The lowest BCUT2D eigenvalue weighted by atomic mass is 10.0. The van der Waals surface area contributed by atoms with Crippen molar-refractivity contribution in [3.05, 3.63) is 59.2 Å². The topological polar surface area (TPSA) is 95.6 Å². The Kier molecular flexibility index (Phi) is 6.45. The summed E-state index contributed by atoms with van der Waals surface area (Å²) >= 11 is 0. The lowest BCUT2D eigenvalue weighted by Gasteiger charge is -2.32. The average molecular weight is 430 g/mol. The molecule has 1 aliphatic heterocycles. The van der Waals surface area contributed by atoms with E-state index in [1.54, 1.807) is 48.2 Å². The van der Waals surface area contributed by atoms with Crippen LogP contribution < -0.4 is 10.0 Å². The van der Waals surface area contributed by atoms with E-state index in [0.29, 0.717) is 42.7 Å². The molecule has 0 saturated carbocycles. The van der Waals surface area contributed by atoms with Crippen LogP contribution in [0.3, 0.4) is 0 Å². The minimum atomic E-state index is -3.77. The van der Waals surface area contributed by atoms with Gasteiger partial charge in [-0.3, -0.25) is 14.3 Å². The van der Waals surface area contributed by atoms with Crippen LogP contribution in [0, 0.1) is 13.8 Å². The van der Waals surface area contributed by atoms with Gasteiger partial charge in [0.2, 0.25) is 5.91 Å². The number of rotatable bonds is 5. The molecular weight excluding hydrogens is 402 g/mol. The molecule has 1 saturated heterocycles. The van der Waals surface area contributed by atoms with Crippen molar-refractivity contribution in [3.8, 4) is 0 Å². The highest BCUT2D eigenvalue weighted by Crippen LogP contribution is 2.22. The second-order valence-corrected chi connectivity index (χ2v) is 9.37. The number of hydrogen-bond acceptors (Lipinski definition) is 4. The van der Waals surface area contributed by atoms with Crippen LogP contribution in [-0.4, -0.2) is 44.3 Å². The van der Waals surface area contributed by atoms with E-state index in [1.165, 1.54) is 6.92 Å². The fraction of sp³-hybridized carbons (Fsp3) is 0.364. The molecule has 160 valence electrons. The lowest BCUT2D eigenvalue weighted by molar-refractivity contribution is -0.119. The van der Waals surface area contributed by atoms with Crippen LogP contribution in [-0.2, 0) is 14.8 Å². The van der Waals surface area contributed by atoms with Gasteiger partial charge in [0.05, 0.1) is 4.90 Å². The van der Waals surface area contributed by atoms with E-state index in [9.17, 15) is 18.0 Å². The zero-order chi connectivity index (χ0) is 21.9. The van der Waals surface area contributed by atoms with Gasteiger partial charge < -0.3 is 10.2 Å². The standard InChI is InChI=1S/C22H27N3O4S/c1-15-7-8-16(2)21(13-15)30(28,29)24-20-6-4-5-18(14-20)22(27)25-11-9-19(10-12-25)23-17(3)26/h4-8,13-14,19,24H,9-12H2,1-3H3,(H,23,26). The molecule has 1 heterocycles. The predicted molar refractivity (Wildman–Crippen MR) is 116 cm³/mol. The molecule has 2 amide bonds. The Morgan fingerprint density at radius 1 is 1.03 bits per heavy atom. The first-order valence-corrected chi connectivity index (χ1v) is 11.4. The maximum Gasteiger partial charge on any atom is 0.262 e. The summed E-state index contributed by atoms with van der Waals surface area (Å²) in [5.74, 6) is -0.215. The Hall–Kier alpha value is -2.87. The van der Waals surface area contributed by atoms with Crippen LogP contribution in [0.15, 0.2) is 47.4 Å². The number of carbonyl (C=O) groups is 2. The molecule has 0 aromatic heterocycles. The summed E-state index contributed by atoms with van der Waals surface area (Å²) in [7, 11) is -3.77. The Bertz CT molecular complexity index is 1060. The van der Waals surface area contributed by atoms with Crippen molar-refractivity contribution in [3.63, 3.8) is 0 Å². The number of amides is 2. The lowest BCUT2D eigenvalue weighted by Crippen LogP contribution is -2.46. The Morgan fingerprint density at radius 3 is 2.40 bits per heavy atom. The normalized spacial score (nSPS) is 15.0. The first-order chi connectivity index (χ1) is 14.2. The van der Waals surface area contributed by atoms with Crippen LogP contribution in [0.1, 0.15) is 41.3 Å². The molecule has 30 heavy (non-hydrogen) atoms. The zero-order valence-electron chi connectivity index (χ0n) is 17.4. The summed E-state index contributed by atoms with van der Waals surface area (Å²) < 4.78 is 28.3. The number of sulfonamides is 1. The largest absolute Gasteiger partial charge is 0.353 e. The van der Waals surface area contributed by atoms with Gasteiger partial charge in [-0.05, 0) is 62.1 Å². The minimum absolute atomic E-state index is 0.0661. The molecule has 0 unspecified atom stereocenters. The highest BCUT2D eigenvalue weighted by Gasteiger charge is 2.24. The molecule has 0 aliphatic carbocycles. The third kappa shape index (κ3) is 5.18. The van der Waals surface area contributed by atoms with Crippen molar-refractivity contribution in [1.29, 1.82) is 0 Å². The number of carbonyl (C=O) groups excluding carboxylic acids is 2. The van der Waals surface area contributed by atoms with Gasteiger partial charge in [-0.1, -0.05) is 18.2 Å². The second kappa shape index (κ2) is 8.87. The first-order valence-electron chi connectivity index (χ1n) is 9.92. The summed E-state index contributed by atoms with van der Waals surface area (Å²) in [5.41, 5.74) is 2.28. The summed E-state index contributed by atoms with van der Waals surface area (Å²) in [6.45, 7) is 6.16. The Morgan fingerprint density at radius 2 is 1.73 bits per heavy atom. The average Bonchev–Trinajstić information content (AvgIpc) is 2.69. The zero-order valence-corrected chi connectivity index (χ0v) is 18.3. The van der Waals surface area contributed by atoms with Crippen LogP contribution in [0.4, 0.5) is 5.69 Å². The first kappa shape index (κ1) is 21.8. The fourth-order valence-corrected chi connectivity index (χ4v) is 5.00. The summed E-state index contributed by atoms with van der Waals surface area (Å²) in [4.78, 5) is 26.0. The van der Waals surface area contributed by atoms with Crippen LogP contribution in [0.5, 0.6) is 0 Å². The predicted octanol–water partition coefficient (Wildman–Crippen LogP) is 2.84. The van der Waals surface area contributed by atoms with Crippen molar-refractivity contribution in [2.75, 3.05) is 17.8 Å². The van der Waals surface area contributed by atoms with Crippen LogP contribution in [0.25, 0.3) is 0 Å². The Labute approximate surface area is 177 Å². The number of hydrogen-bond donors (Lipinski definition) is 2. The van der Waals surface area contributed by atoms with E-state index < -0.39 is 10.0 Å². The van der Waals surface area contributed by atoms with Gasteiger partial charge in [-0.25, -0.2) is 8.42 Å². The maximum absolute atomic E-state index is 12.9. The number of nitrogens with zero attached hydrogens (tertiary/aromatic N) is 1. The van der Waals surface area contributed by atoms with Crippen molar-refractivity contribution in [2.24, 2.45) is 0 Å². The number of piperidine rings is 1. The van der Waals surface area contributed by atoms with Crippen molar-refractivity contribution in [2.45, 2.75) is 44.6 Å². The SMILES string of the molecule is CC(=O)NC1CCN(C(=O)c2cccc(NS(=O)(=O)c3cc(C)ccc3C)c2)CC1. The molecule has 0 radical (unpaired) electrons. The second-order valence-electron chi connectivity index (χ2n) is 7.72. The van der Waals surface area contributed by atoms with E-state index in [-0.39, 0.29) is 22.8 Å². The van der Waals surface area contributed by atoms with E-state index in [4.69, 9.17) is 0 Å². The van der Waals surface area contributed by atoms with Gasteiger partial charge in [0, 0.05) is 37.3 Å². The van der Waals surface area contributed by atoms with Gasteiger partial charge in [-0.2, -0.15) is 0 Å². The Balaban J connectivity index is 1.72. The maximum atomic E-state index is 12.9. The minimum Gasteiger partial charge on any atom is -0.353 e. The van der Waals surface area contributed by atoms with Crippen molar-refractivity contribution < 1.29 is 18.0 Å². The molecular formula is C22H27N3O4S. The van der Waals surface area contributed by atoms with Crippen molar-refractivity contribution in [1.82, 2.24) is 10.2 Å². The molecule has 2 aromatic rings. The van der Waals surface area contributed by atoms with E-state index in [1.807, 2.05) is 13.0 Å². The molecule has 0 bridgehead atoms. The molecule has 0 spiro atoms. The van der Waals surface area contributed by atoms with Crippen LogP contribution in [0.2, 0.25) is 0 Å². The number of anilines is 1. The van der Waals surface area contributed by atoms with Crippen LogP contribution >= 0.6 is 0 Å². The highest BCUT2D eigenvalue weighted by molar-refractivity contribution is 7.92. The monoisotopic (exact) mass is 429 g/mol. The van der Waals surface area contributed by atoms with Gasteiger partial charge in [0.25, 0.3) is 15.9 Å². The molecule has 1 aliphatic rings. The summed E-state index contributed by atoms with van der Waals surface area (Å²) in [6.07, 6.45) is 1.40. The van der Waals surface area contributed by atoms with Gasteiger partial charge in [0.15, 0.2) is 0 Å².